The van der Waals surface area contributed by atoms with Crippen LogP contribution in [0, 0.1) is 11.6 Å². The fraction of sp³-hybridized carbons (Fsp3) is 0.200. The molecule has 1 aromatic carbocycles. The normalized spacial score (nSPS) is 19.5. The number of hydrazine groups is 1. The van der Waals surface area contributed by atoms with Crippen LogP contribution < -0.4 is 10.2 Å². The Kier molecular flexibility index (Phi) is 3.93. The van der Waals surface area contributed by atoms with Crippen LogP contribution >= 0.6 is 0 Å². The van der Waals surface area contributed by atoms with Gasteiger partial charge in [-0.3, -0.25) is 9.80 Å². The first-order chi connectivity index (χ1) is 10.9. The highest BCUT2D eigenvalue weighted by atomic mass is 19.1. The van der Waals surface area contributed by atoms with E-state index in [1.807, 2.05) is 36.4 Å². The molecule has 0 radical (unpaired) electrons. The number of nitrogens with one attached hydrogen (secondary N) is 2. The first-order valence-corrected chi connectivity index (χ1v) is 6.98. The van der Waals surface area contributed by atoms with Gasteiger partial charge in [-0.1, -0.05) is 0 Å². The number of anilines is 1. The SMILES string of the molecule is CN(C)N1C=CC2=NC(C(=O)Nc3cc(F)cc(F)c3)=C[NH+]2C1. The van der Waals surface area contributed by atoms with Crippen LogP contribution in [0.15, 0.2) is 47.4 Å². The fourth-order valence-corrected chi connectivity index (χ4v) is 2.34. The van der Waals surface area contributed by atoms with Crippen LogP contribution in [0.4, 0.5) is 14.5 Å². The molecule has 2 aliphatic rings. The lowest BCUT2D eigenvalue weighted by Gasteiger charge is -2.30. The summed E-state index contributed by atoms with van der Waals surface area (Å²) in [6, 6.07) is 2.85. The maximum atomic E-state index is 13.2. The van der Waals surface area contributed by atoms with E-state index in [1.54, 1.807) is 6.20 Å². The molecule has 1 atom stereocenters. The summed E-state index contributed by atoms with van der Waals surface area (Å²) < 4.78 is 26.3. The number of halogens is 2. The van der Waals surface area contributed by atoms with E-state index in [0.717, 1.165) is 28.9 Å². The zero-order chi connectivity index (χ0) is 16.6. The maximum absolute atomic E-state index is 13.2. The maximum Gasteiger partial charge on any atom is 0.280 e. The summed E-state index contributed by atoms with van der Waals surface area (Å²) >= 11 is 0. The van der Waals surface area contributed by atoms with Gasteiger partial charge in [-0.05, 0) is 12.1 Å². The van der Waals surface area contributed by atoms with Crippen LogP contribution in [-0.4, -0.2) is 42.5 Å². The Bertz CT molecular complexity index is 721. The van der Waals surface area contributed by atoms with Crippen LogP contribution in [0.1, 0.15) is 0 Å². The molecule has 0 aromatic heterocycles. The van der Waals surface area contributed by atoms with E-state index in [9.17, 15) is 13.6 Å². The first kappa shape index (κ1) is 15.3. The summed E-state index contributed by atoms with van der Waals surface area (Å²) in [6.07, 6.45) is 5.37. The molecule has 1 unspecified atom stereocenters. The lowest BCUT2D eigenvalue weighted by molar-refractivity contribution is -0.762. The predicted molar refractivity (Wildman–Crippen MR) is 81.0 cm³/mol. The molecule has 0 fully saturated rings. The van der Waals surface area contributed by atoms with Gasteiger partial charge in [0.1, 0.15) is 17.8 Å². The summed E-state index contributed by atoms with van der Waals surface area (Å²) in [7, 11) is 3.83. The highest BCUT2D eigenvalue weighted by molar-refractivity contribution is 6.06. The second-order valence-corrected chi connectivity index (χ2v) is 5.42. The van der Waals surface area contributed by atoms with Gasteiger partial charge in [0.25, 0.3) is 5.91 Å². The third kappa shape index (κ3) is 3.27. The van der Waals surface area contributed by atoms with Gasteiger partial charge >= 0.3 is 0 Å². The highest BCUT2D eigenvalue weighted by Gasteiger charge is 2.30. The van der Waals surface area contributed by atoms with Gasteiger partial charge in [0.15, 0.2) is 12.4 Å². The molecule has 1 amide bonds. The molecule has 0 bridgehead atoms. The van der Waals surface area contributed by atoms with Gasteiger partial charge < -0.3 is 5.32 Å². The molecule has 6 nitrogen and oxygen atoms in total. The van der Waals surface area contributed by atoms with E-state index in [0.29, 0.717) is 6.67 Å². The molecule has 2 N–H and O–H groups in total. The van der Waals surface area contributed by atoms with E-state index < -0.39 is 17.5 Å². The van der Waals surface area contributed by atoms with Crippen molar-refractivity contribution in [3.63, 3.8) is 0 Å². The van der Waals surface area contributed by atoms with Crippen molar-refractivity contribution in [2.75, 3.05) is 26.1 Å². The number of aliphatic imine (C=N–C) groups is 1. The van der Waals surface area contributed by atoms with Gasteiger partial charge in [-0.2, -0.15) is 4.99 Å². The molecule has 2 aliphatic heterocycles. The van der Waals surface area contributed by atoms with Crippen molar-refractivity contribution in [3.05, 3.63) is 54.0 Å². The number of amides is 1. The Morgan fingerprint density at radius 3 is 2.65 bits per heavy atom. The molecular weight excluding hydrogens is 304 g/mol. The molecular formula is C15H16F2N5O+. The molecule has 0 aliphatic carbocycles. The predicted octanol–water partition coefficient (Wildman–Crippen LogP) is 0.305. The number of carbonyl (C=O) groups is 1. The van der Waals surface area contributed by atoms with Crippen molar-refractivity contribution >= 4 is 17.4 Å². The number of benzene rings is 1. The summed E-state index contributed by atoms with van der Waals surface area (Å²) in [5, 5.41) is 6.34. The van der Waals surface area contributed by atoms with Crippen molar-refractivity contribution in [1.29, 1.82) is 0 Å². The van der Waals surface area contributed by atoms with Crippen LogP contribution in [0.2, 0.25) is 0 Å². The zero-order valence-electron chi connectivity index (χ0n) is 12.7. The molecule has 120 valence electrons. The first-order valence-electron chi connectivity index (χ1n) is 6.98. The molecule has 0 saturated heterocycles. The van der Waals surface area contributed by atoms with Crippen molar-refractivity contribution in [2.45, 2.75) is 0 Å². The Morgan fingerprint density at radius 1 is 1.30 bits per heavy atom. The van der Waals surface area contributed by atoms with E-state index >= 15 is 0 Å². The van der Waals surface area contributed by atoms with Gasteiger partial charge in [-0.25, -0.2) is 18.7 Å². The van der Waals surface area contributed by atoms with E-state index in [4.69, 9.17) is 0 Å². The summed E-state index contributed by atoms with van der Waals surface area (Å²) in [6.45, 7) is 0.605. The Hall–Kier alpha value is -2.58. The van der Waals surface area contributed by atoms with Crippen LogP contribution in [0.5, 0.6) is 0 Å². The van der Waals surface area contributed by atoms with Crippen molar-refractivity contribution < 1.29 is 18.5 Å². The van der Waals surface area contributed by atoms with E-state index in [2.05, 4.69) is 10.3 Å². The number of quaternary nitrogens is 1. The standard InChI is InChI=1S/C15H15F2N5O/c1-20(2)22-4-3-14-19-13(8-21(14)9-22)15(23)18-12-6-10(16)5-11(17)7-12/h3-8H,9H2,1-2H3,(H,18,23)/p+1. The number of hydrogen-bond donors (Lipinski definition) is 2. The van der Waals surface area contributed by atoms with Gasteiger partial charge in [0, 0.05) is 38.1 Å². The minimum absolute atomic E-state index is 0.0546. The van der Waals surface area contributed by atoms with Crippen LogP contribution in [0.25, 0.3) is 0 Å². The lowest BCUT2D eigenvalue weighted by atomic mass is 10.3. The third-order valence-electron chi connectivity index (χ3n) is 3.48. The summed E-state index contributed by atoms with van der Waals surface area (Å²) in [5.41, 5.74) is 0.267. The number of amidine groups is 1. The topological polar surface area (TPSA) is 52.4 Å². The molecule has 0 spiro atoms. The number of hydrogen-bond acceptors (Lipinski definition) is 4. The fourth-order valence-electron chi connectivity index (χ4n) is 2.34. The molecule has 3 rings (SSSR count). The van der Waals surface area contributed by atoms with Gasteiger partial charge in [-0.15, -0.1) is 0 Å². The monoisotopic (exact) mass is 320 g/mol. The number of fused-ring (bicyclic) bond motifs is 1. The highest BCUT2D eigenvalue weighted by Crippen LogP contribution is 2.14. The molecule has 2 heterocycles. The molecule has 1 aromatic rings. The number of rotatable bonds is 3. The van der Waals surface area contributed by atoms with Crippen LogP contribution in [0.3, 0.4) is 0 Å². The number of carbonyl (C=O) groups excluding carboxylic acids is 1. The second-order valence-electron chi connectivity index (χ2n) is 5.42. The minimum Gasteiger partial charge on any atom is -0.320 e. The molecule has 23 heavy (non-hydrogen) atoms. The van der Waals surface area contributed by atoms with Gasteiger partial charge in [0.2, 0.25) is 5.84 Å². The lowest BCUT2D eigenvalue weighted by Crippen LogP contribution is -3.11. The smallest absolute Gasteiger partial charge is 0.280 e. The quantitative estimate of drug-likeness (QED) is 0.843. The van der Waals surface area contributed by atoms with E-state index in [1.165, 1.54) is 0 Å². The Morgan fingerprint density at radius 2 is 2.00 bits per heavy atom. The largest absolute Gasteiger partial charge is 0.320 e. The number of nitrogens with zero attached hydrogens (tertiary/aromatic N) is 3. The zero-order valence-corrected chi connectivity index (χ0v) is 12.7. The Labute approximate surface area is 132 Å². The van der Waals surface area contributed by atoms with Gasteiger partial charge in [0.05, 0.1) is 0 Å². The second kappa shape index (κ2) is 5.90. The van der Waals surface area contributed by atoms with Crippen molar-refractivity contribution in [3.8, 4) is 0 Å². The third-order valence-corrected chi connectivity index (χ3v) is 3.48. The molecule has 0 saturated carbocycles. The minimum atomic E-state index is -0.750. The van der Waals surface area contributed by atoms with E-state index in [-0.39, 0.29) is 11.4 Å². The summed E-state index contributed by atoms with van der Waals surface area (Å²) in [5.74, 6) is -1.29. The van der Waals surface area contributed by atoms with Crippen LogP contribution in [-0.2, 0) is 4.79 Å². The average Bonchev–Trinajstić information content (AvgIpc) is 2.89. The summed E-state index contributed by atoms with van der Waals surface area (Å²) in [4.78, 5) is 17.4. The van der Waals surface area contributed by atoms with Crippen molar-refractivity contribution in [2.24, 2.45) is 4.99 Å². The Balaban J connectivity index is 1.74. The average molecular weight is 320 g/mol. The van der Waals surface area contributed by atoms with Crippen molar-refractivity contribution in [1.82, 2.24) is 10.0 Å². The molecule has 8 heteroatoms.